The number of aryl methyl sites for hydroxylation is 1. The number of benzene rings is 1. The van der Waals surface area contributed by atoms with Crippen molar-refractivity contribution in [2.75, 3.05) is 0 Å². The van der Waals surface area contributed by atoms with Crippen molar-refractivity contribution in [3.8, 4) is 0 Å². The third-order valence-corrected chi connectivity index (χ3v) is 5.41. The molecule has 102 valence electrons. The molecule has 0 radical (unpaired) electrons. The summed E-state index contributed by atoms with van der Waals surface area (Å²) < 4.78 is 29.9. The van der Waals surface area contributed by atoms with Crippen LogP contribution in [0.1, 0.15) is 5.82 Å². The molecule has 8 heteroatoms. The quantitative estimate of drug-likeness (QED) is 0.844. The first-order valence-electron chi connectivity index (χ1n) is 5.31. The highest BCUT2D eigenvalue weighted by atomic mass is 79.9. The maximum absolute atomic E-state index is 12.2. The van der Waals surface area contributed by atoms with Gasteiger partial charge in [0.25, 0.3) is 0 Å². The Labute approximate surface area is 128 Å². The number of sulfonamides is 1. The molecular weight excluding hydrogens is 398 g/mol. The number of imidazole rings is 1. The smallest absolute Gasteiger partial charge is 0.242 e. The van der Waals surface area contributed by atoms with Crippen LogP contribution in [-0.2, 0) is 23.6 Å². The van der Waals surface area contributed by atoms with E-state index in [0.29, 0.717) is 14.8 Å². The summed E-state index contributed by atoms with van der Waals surface area (Å²) in [5.74, 6) is 0.648. The number of halogens is 2. The standard InChI is InChI=1S/C11H11Br2N3O2S/c1-16-5-4-14-11(16)7-15-19(17,18)10-6-8(12)2-3-9(10)13/h2-6,15H,7H2,1H3. The lowest BCUT2D eigenvalue weighted by molar-refractivity contribution is 0.577. The molecule has 1 N–H and O–H groups in total. The van der Waals surface area contributed by atoms with Gasteiger partial charge < -0.3 is 4.57 Å². The van der Waals surface area contributed by atoms with Crippen molar-refractivity contribution in [2.24, 2.45) is 7.05 Å². The predicted octanol–water partition coefficient (Wildman–Crippen LogP) is 2.42. The zero-order valence-electron chi connectivity index (χ0n) is 9.97. The van der Waals surface area contributed by atoms with E-state index in [-0.39, 0.29) is 11.4 Å². The topological polar surface area (TPSA) is 64.0 Å². The highest BCUT2D eigenvalue weighted by Gasteiger charge is 2.18. The summed E-state index contributed by atoms with van der Waals surface area (Å²) in [7, 11) is -1.78. The Bertz CT molecular complexity index is 698. The zero-order valence-corrected chi connectivity index (χ0v) is 14.0. The molecule has 0 aliphatic heterocycles. The Balaban J connectivity index is 2.23. The van der Waals surface area contributed by atoms with Gasteiger partial charge in [0.05, 0.1) is 11.4 Å². The molecule has 0 atom stereocenters. The van der Waals surface area contributed by atoms with Crippen molar-refractivity contribution in [1.29, 1.82) is 0 Å². The number of hydrogen-bond donors (Lipinski definition) is 1. The largest absolute Gasteiger partial charge is 0.337 e. The van der Waals surface area contributed by atoms with Crippen molar-refractivity contribution in [3.05, 3.63) is 45.4 Å². The van der Waals surface area contributed by atoms with Gasteiger partial charge in [0.1, 0.15) is 5.82 Å². The summed E-state index contributed by atoms with van der Waals surface area (Å²) in [5.41, 5.74) is 0. The number of nitrogens with one attached hydrogen (secondary N) is 1. The lowest BCUT2D eigenvalue weighted by atomic mass is 10.4. The lowest BCUT2D eigenvalue weighted by Gasteiger charge is -2.09. The fraction of sp³-hybridized carbons (Fsp3) is 0.182. The van der Waals surface area contributed by atoms with Crippen LogP contribution in [0.5, 0.6) is 0 Å². The summed E-state index contributed by atoms with van der Waals surface area (Å²) >= 11 is 6.50. The molecule has 2 rings (SSSR count). The third kappa shape index (κ3) is 3.44. The summed E-state index contributed by atoms with van der Waals surface area (Å²) in [6.07, 6.45) is 3.39. The van der Waals surface area contributed by atoms with Gasteiger partial charge in [-0.15, -0.1) is 0 Å². The van der Waals surface area contributed by atoms with E-state index in [1.807, 2.05) is 7.05 Å². The highest BCUT2D eigenvalue weighted by molar-refractivity contribution is 9.11. The van der Waals surface area contributed by atoms with Crippen LogP contribution in [0.2, 0.25) is 0 Å². The van der Waals surface area contributed by atoms with E-state index in [9.17, 15) is 8.42 Å². The zero-order chi connectivity index (χ0) is 14.0. The average Bonchev–Trinajstić information content (AvgIpc) is 2.75. The summed E-state index contributed by atoms with van der Waals surface area (Å²) in [4.78, 5) is 4.26. The summed E-state index contributed by atoms with van der Waals surface area (Å²) in [5, 5.41) is 0. The molecule has 0 spiro atoms. The Morgan fingerprint density at radius 1 is 1.37 bits per heavy atom. The van der Waals surface area contributed by atoms with Crippen molar-refractivity contribution in [2.45, 2.75) is 11.4 Å². The van der Waals surface area contributed by atoms with E-state index in [4.69, 9.17) is 0 Å². The van der Waals surface area contributed by atoms with Crippen LogP contribution in [0.15, 0.2) is 44.4 Å². The van der Waals surface area contributed by atoms with Crippen LogP contribution in [0.4, 0.5) is 0 Å². The molecule has 2 aromatic rings. The summed E-state index contributed by atoms with van der Waals surface area (Å²) in [6.45, 7) is 0.144. The molecular formula is C11H11Br2N3O2S. The van der Waals surface area contributed by atoms with E-state index >= 15 is 0 Å². The molecule has 19 heavy (non-hydrogen) atoms. The van der Waals surface area contributed by atoms with Gasteiger partial charge in [-0.3, -0.25) is 0 Å². The summed E-state index contributed by atoms with van der Waals surface area (Å²) in [6, 6.07) is 4.99. The van der Waals surface area contributed by atoms with Crippen molar-refractivity contribution < 1.29 is 8.42 Å². The maximum Gasteiger partial charge on any atom is 0.242 e. The molecule has 1 heterocycles. The van der Waals surface area contributed by atoms with Crippen LogP contribution in [-0.4, -0.2) is 18.0 Å². The molecule has 0 saturated heterocycles. The average molecular weight is 409 g/mol. The second kappa shape index (κ2) is 5.74. The molecule has 5 nitrogen and oxygen atoms in total. The number of aromatic nitrogens is 2. The number of nitrogens with zero attached hydrogens (tertiary/aromatic N) is 2. The minimum atomic E-state index is -3.59. The first-order chi connectivity index (χ1) is 8.90. The van der Waals surface area contributed by atoms with E-state index in [2.05, 4.69) is 41.6 Å². The molecule has 0 aliphatic carbocycles. The minimum Gasteiger partial charge on any atom is -0.337 e. The van der Waals surface area contributed by atoms with Crippen LogP contribution < -0.4 is 4.72 Å². The van der Waals surface area contributed by atoms with Crippen LogP contribution >= 0.6 is 31.9 Å². The monoisotopic (exact) mass is 407 g/mol. The van der Waals surface area contributed by atoms with Crippen molar-refractivity contribution in [1.82, 2.24) is 14.3 Å². The Kier molecular flexibility index (Phi) is 4.44. The van der Waals surface area contributed by atoms with E-state index in [1.165, 1.54) is 0 Å². The highest BCUT2D eigenvalue weighted by Crippen LogP contribution is 2.25. The maximum atomic E-state index is 12.2. The molecule has 1 aromatic carbocycles. The van der Waals surface area contributed by atoms with E-state index in [0.717, 1.165) is 0 Å². The lowest BCUT2D eigenvalue weighted by Crippen LogP contribution is -2.25. The van der Waals surface area contributed by atoms with Crippen LogP contribution in [0, 0.1) is 0 Å². The van der Waals surface area contributed by atoms with Gasteiger partial charge in [0.2, 0.25) is 10.0 Å². The number of hydrogen-bond acceptors (Lipinski definition) is 3. The first kappa shape index (κ1) is 14.7. The predicted molar refractivity (Wildman–Crippen MR) is 79.1 cm³/mol. The SMILES string of the molecule is Cn1ccnc1CNS(=O)(=O)c1cc(Br)ccc1Br. The normalized spacial score (nSPS) is 11.7. The van der Waals surface area contributed by atoms with Crippen molar-refractivity contribution >= 4 is 41.9 Å². The van der Waals surface area contributed by atoms with Gasteiger partial charge in [-0.05, 0) is 34.1 Å². The Hall–Kier alpha value is -0.700. The first-order valence-corrected chi connectivity index (χ1v) is 8.38. The van der Waals surface area contributed by atoms with E-state index in [1.54, 1.807) is 35.2 Å². The molecule has 0 fully saturated rings. The minimum absolute atomic E-state index is 0.144. The van der Waals surface area contributed by atoms with Crippen LogP contribution in [0.25, 0.3) is 0 Å². The van der Waals surface area contributed by atoms with Gasteiger partial charge in [-0.25, -0.2) is 18.1 Å². The van der Waals surface area contributed by atoms with E-state index < -0.39 is 10.0 Å². The Morgan fingerprint density at radius 2 is 2.11 bits per heavy atom. The van der Waals surface area contributed by atoms with Gasteiger partial charge in [-0.1, -0.05) is 15.9 Å². The molecule has 1 aromatic heterocycles. The fourth-order valence-corrected chi connectivity index (χ4v) is 3.97. The second-order valence-corrected chi connectivity index (χ2v) is 7.36. The second-order valence-electron chi connectivity index (χ2n) is 3.85. The van der Waals surface area contributed by atoms with Gasteiger partial charge in [-0.2, -0.15) is 0 Å². The fourth-order valence-electron chi connectivity index (χ4n) is 1.49. The van der Waals surface area contributed by atoms with Gasteiger partial charge in [0, 0.05) is 28.4 Å². The Morgan fingerprint density at radius 3 is 2.74 bits per heavy atom. The molecule has 0 bridgehead atoms. The number of rotatable bonds is 4. The molecule has 0 amide bonds. The molecule has 0 unspecified atom stereocenters. The van der Waals surface area contributed by atoms with Gasteiger partial charge >= 0.3 is 0 Å². The van der Waals surface area contributed by atoms with Crippen LogP contribution in [0.3, 0.4) is 0 Å². The molecule has 0 saturated carbocycles. The van der Waals surface area contributed by atoms with Crippen molar-refractivity contribution in [3.63, 3.8) is 0 Å². The van der Waals surface area contributed by atoms with Gasteiger partial charge in [0.15, 0.2) is 0 Å². The molecule has 0 aliphatic rings. The third-order valence-electron chi connectivity index (χ3n) is 2.52.